The zero-order chi connectivity index (χ0) is 21.0. The second-order valence-electron chi connectivity index (χ2n) is 10.4. The number of anilines is 1. The fourth-order valence-electron chi connectivity index (χ4n) is 6.43. The van der Waals surface area contributed by atoms with Crippen molar-refractivity contribution < 1.29 is 19.4 Å². The lowest BCUT2D eigenvalue weighted by Crippen LogP contribution is -2.44. The van der Waals surface area contributed by atoms with Gasteiger partial charge in [0.05, 0.1) is 24.9 Å². The summed E-state index contributed by atoms with van der Waals surface area (Å²) < 4.78 is 11.3. The minimum Gasteiger partial charge on any atom is -0.474 e. The molecule has 1 amide bonds. The van der Waals surface area contributed by atoms with Crippen LogP contribution in [0.5, 0.6) is 5.88 Å². The van der Waals surface area contributed by atoms with Crippen LogP contribution in [0.2, 0.25) is 0 Å². The zero-order valence-corrected chi connectivity index (χ0v) is 17.9. The summed E-state index contributed by atoms with van der Waals surface area (Å²) in [7, 11) is 0. The number of nitrogens with zero attached hydrogens (tertiary/aromatic N) is 2. The highest BCUT2D eigenvalue weighted by molar-refractivity contribution is 5.96. The molecule has 8 heteroatoms. The van der Waals surface area contributed by atoms with Gasteiger partial charge in [0.2, 0.25) is 11.8 Å². The Hall–Kier alpha value is -1.93. The van der Waals surface area contributed by atoms with Crippen LogP contribution in [0.1, 0.15) is 68.1 Å². The molecular formula is C23H32N4O4. The highest BCUT2D eigenvalue weighted by atomic mass is 16.5. The van der Waals surface area contributed by atoms with Crippen LogP contribution in [0.25, 0.3) is 0 Å². The molecule has 1 aromatic heterocycles. The van der Waals surface area contributed by atoms with E-state index in [4.69, 9.17) is 9.47 Å². The highest BCUT2D eigenvalue weighted by Gasteiger charge is 2.54. The number of rotatable bonds is 6. The van der Waals surface area contributed by atoms with Crippen molar-refractivity contribution in [3.8, 4) is 5.88 Å². The Labute approximate surface area is 182 Å². The van der Waals surface area contributed by atoms with Gasteiger partial charge in [-0.05, 0) is 69.1 Å². The lowest BCUT2D eigenvalue weighted by atomic mass is 9.76. The molecule has 4 saturated carbocycles. The first kappa shape index (κ1) is 19.7. The number of ether oxygens (including phenoxy) is 2. The topological polar surface area (TPSA) is 106 Å². The number of hydrogen-bond acceptors (Lipinski definition) is 7. The Kier molecular flexibility index (Phi) is 4.83. The normalized spacial score (nSPS) is 36.9. The van der Waals surface area contributed by atoms with Crippen LogP contribution in [-0.4, -0.2) is 58.0 Å². The molecule has 0 radical (unpaired) electrons. The Balaban J connectivity index is 1.22. The maximum absolute atomic E-state index is 13.4. The van der Waals surface area contributed by atoms with Gasteiger partial charge in [0.1, 0.15) is 11.7 Å². The van der Waals surface area contributed by atoms with Gasteiger partial charge in [0.15, 0.2) is 0 Å². The van der Waals surface area contributed by atoms with Gasteiger partial charge in [-0.1, -0.05) is 6.42 Å². The summed E-state index contributed by atoms with van der Waals surface area (Å²) in [5.41, 5.74) is -0.114. The van der Waals surface area contributed by atoms with Crippen LogP contribution in [-0.2, 0) is 4.74 Å². The molecule has 1 aromatic rings. The van der Waals surface area contributed by atoms with Crippen molar-refractivity contribution in [1.82, 2.24) is 15.3 Å². The van der Waals surface area contributed by atoms with Crippen LogP contribution in [0.15, 0.2) is 6.20 Å². The van der Waals surface area contributed by atoms with E-state index in [1.165, 1.54) is 0 Å². The van der Waals surface area contributed by atoms with E-state index in [9.17, 15) is 9.90 Å². The van der Waals surface area contributed by atoms with Gasteiger partial charge in [0, 0.05) is 12.2 Å². The van der Waals surface area contributed by atoms with E-state index in [1.807, 2.05) is 0 Å². The number of carbonyl (C=O) groups is 1. The van der Waals surface area contributed by atoms with Crippen molar-refractivity contribution in [2.45, 2.75) is 81.6 Å². The summed E-state index contributed by atoms with van der Waals surface area (Å²) in [6.07, 6.45) is 10.7. The Morgan fingerprint density at radius 2 is 2.03 bits per heavy atom. The molecule has 31 heavy (non-hydrogen) atoms. The second-order valence-corrected chi connectivity index (χ2v) is 10.4. The molecule has 1 aliphatic heterocycles. The maximum atomic E-state index is 13.4. The van der Waals surface area contributed by atoms with Gasteiger partial charge < -0.3 is 25.2 Å². The third-order valence-electron chi connectivity index (χ3n) is 8.24. The number of amides is 1. The summed E-state index contributed by atoms with van der Waals surface area (Å²) in [5, 5.41) is 17.5. The van der Waals surface area contributed by atoms with Crippen LogP contribution in [0.4, 0.5) is 5.95 Å². The van der Waals surface area contributed by atoms with Gasteiger partial charge in [-0.2, -0.15) is 4.98 Å². The van der Waals surface area contributed by atoms with Crippen LogP contribution >= 0.6 is 0 Å². The Bertz CT molecular complexity index is 858. The molecule has 6 rings (SSSR count). The van der Waals surface area contributed by atoms with Crippen LogP contribution in [0, 0.1) is 17.8 Å². The summed E-state index contributed by atoms with van der Waals surface area (Å²) in [6, 6.07) is 0.326. The van der Waals surface area contributed by atoms with Gasteiger partial charge >= 0.3 is 0 Å². The van der Waals surface area contributed by atoms with Crippen molar-refractivity contribution in [2.24, 2.45) is 17.8 Å². The van der Waals surface area contributed by atoms with E-state index in [0.29, 0.717) is 48.4 Å². The van der Waals surface area contributed by atoms with E-state index in [-0.39, 0.29) is 24.1 Å². The average Bonchev–Trinajstić information content (AvgIpc) is 2.83. The molecule has 3 N–H and O–H groups in total. The van der Waals surface area contributed by atoms with Gasteiger partial charge in [-0.25, -0.2) is 4.98 Å². The second kappa shape index (κ2) is 7.59. The van der Waals surface area contributed by atoms with Crippen molar-refractivity contribution in [3.05, 3.63) is 11.8 Å². The molecule has 5 atom stereocenters. The third-order valence-corrected chi connectivity index (χ3v) is 8.24. The molecule has 5 fully saturated rings. The largest absolute Gasteiger partial charge is 0.474 e. The minimum absolute atomic E-state index is 0.119. The third kappa shape index (κ3) is 3.67. The molecular weight excluding hydrogens is 396 g/mol. The van der Waals surface area contributed by atoms with Crippen molar-refractivity contribution in [1.29, 1.82) is 0 Å². The standard InChI is InChI=1S/C23H32N4O4/c28-20(26-19-14-7-13-8-23(29,9-14)6-2-5-17(13)19)18-10-24-22(25-15-11-30-12-15)27-21(18)31-16-3-1-4-16/h10,13-17,19,29H,1-9,11-12H2,(H,26,28)(H,24,25,27)/t13?,14?,17?,19-,23-/m0/s1. The maximum Gasteiger partial charge on any atom is 0.258 e. The van der Waals surface area contributed by atoms with E-state index >= 15 is 0 Å². The number of fused-ring (bicyclic) bond motifs is 2. The smallest absolute Gasteiger partial charge is 0.258 e. The minimum atomic E-state index is -0.526. The van der Waals surface area contributed by atoms with Crippen LogP contribution in [0.3, 0.4) is 0 Å². The zero-order valence-electron chi connectivity index (χ0n) is 17.9. The number of nitrogens with one attached hydrogen (secondary N) is 2. The predicted molar refractivity (Wildman–Crippen MR) is 113 cm³/mol. The molecule has 4 aliphatic carbocycles. The summed E-state index contributed by atoms with van der Waals surface area (Å²) >= 11 is 0. The first-order valence-electron chi connectivity index (χ1n) is 12.0. The lowest BCUT2D eigenvalue weighted by Gasteiger charge is -2.36. The molecule has 0 aromatic carbocycles. The fraction of sp³-hybridized carbons (Fsp3) is 0.783. The van der Waals surface area contributed by atoms with E-state index in [2.05, 4.69) is 20.6 Å². The molecule has 3 bridgehead atoms. The summed E-state index contributed by atoms with van der Waals surface area (Å²) in [6.45, 7) is 1.28. The molecule has 5 aliphatic rings. The van der Waals surface area contributed by atoms with Gasteiger partial charge in [0.25, 0.3) is 5.91 Å². The lowest BCUT2D eigenvalue weighted by molar-refractivity contribution is -0.0263. The van der Waals surface area contributed by atoms with Crippen molar-refractivity contribution in [2.75, 3.05) is 18.5 Å². The molecule has 8 nitrogen and oxygen atoms in total. The first-order chi connectivity index (χ1) is 15.1. The van der Waals surface area contributed by atoms with E-state index in [0.717, 1.165) is 57.8 Å². The fourth-order valence-corrected chi connectivity index (χ4v) is 6.43. The molecule has 3 unspecified atom stereocenters. The molecule has 2 heterocycles. The Morgan fingerprint density at radius 1 is 1.19 bits per heavy atom. The number of carbonyl (C=O) groups excluding carboxylic acids is 1. The Morgan fingerprint density at radius 3 is 2.77 bits per heavy atom. The first-order valence-corrected chi connectivity index (χ1v) is 12.0. The number of aromatic nitrogens is 2. The predicted octanol–water partition coefficient (Wildman–Crippen LogP) is 2.28. The number of hydrogen-bond donors (Lipinski definition) is 3. The van der Waals surface area contributed by atoms with Crippen molar-refractivity contribution in [3.63, 3.8) is 0 Å². The SMILES string of the molecule is O=C(N[C@H]1C2CC3C[C@@](O)(CCCC31)C2)c1cnc(NC2COC2)nc1OC1CCC1. The average molecular weight is 429 g/mol. The van der Waals surface area contributed by atoms with Crippen molar-refractivity contribution >= 4 is 11.9 Å². The van der Waals surface area contributed by atoms with E-state index < -0.39 is 5.60 Å². The quantitative estimate of drug-likeness (QED) is 0.638. The summed E-state index contributed by atoms with van der Waals surface area (Å²) in [4.78, 5) is 22.3. The highest BCUT2D eigenvalue weighted by Crippen LogP contribution is 2.55. The van der Waals surface area contributed by atoms with Gasteiger partial charge in [-0.3, -0.25) is 4.79 Å². The monoisotopic (exact) mass is 428 g/mol. The number of aliphatic hydroxyl groups is 1. The van der Waals surface area contributed by atoms with E-state index in [1.54, 1.807) is 6.20 Å². The van der Waals surface area contributed by atoms with Gasteiger partial charge in [-0.15, -0.1) is 0 Å². The van der Waals surface area contributed by atoms with Crippen LogP contribution < -0.4 is 15.4 Å². The molecule has 168 valence electrons. The molecule has 1 saturated heterocycles. The summed E-state index contributed by atoms with van der Waals surface area (Å²) in [5.74, 6) is 2.04. The molecule has 0 spiro atoms.